The van der Waals surface area contributed by atoms with Crippen LogP contribution in [0.2, 0.25) is 0 Å². The van der Waals surface area contributed by atoms with Crippen molar-refractivity contribution in [3.8, 4) is 0 Å². The van der Waals surface area contributed by atoms with E-state index in [-0.39, 0.29) is 17.4 Å². The number of carboxylic acid groups (broad SMARTS) is 1. The number of hydrogen-bond acceptors (Lipinski definition) is 3. The highest BCUT2D eigenvalue weighted by Gasteiger charge is 2.28. The molecule has 0 radical (unpaired) electrons. The summed E-state index contributed by atoms with van der Waals surface area (Å²) in [5, 5.41) is 10.8. The molecule has 2 rings (SSSR count). The Bertz CT molecular complexity index is 521. The first-order valence-corrected chi connectivity index (χ1v) is 7.09. The van der Waals surface area contributed by atoms with E-state index in [9.17, 15) is 13.2 Å². The summed E-state index contributed by atoms with van der Waals surface area (Å²) in [6.45, 7) is 0. The number of carbonyl (C=O) groups is 1. The van der Waals surface area contributed by atoms with E-state index in [1.54, 1.807) is 24.3 Å². The fourth-order valence-electron chi connectivity index (χ4n) is 2.02. The first kappa shape index (κ1) is 11.9. The third kappa shape index (κ3) is 2.97. The van der Waals surface area contributed by atoms with Crippen LogP contribution in [0.5, 0.6) is 0 Å². The van der Waals surface area contributed by atoms with E-state index in [1.807, 2.05) is 0 Å². The molecule has 1 aromatic rings. The molecule has 5 nitrogen and oxygen atoms in total. The summed E-state index contributed by atoms with van der Waals surface area (Å²) >= 11 is 0. The van der Waals surface area contributed by atoms with Gasteiger partial charge in [-0.25, -0.2) is 13.2 Å². The molecule has 17 heavy (non-hydrogen) atoms. The number of rotatable bonds is 2. The summed E-state index contributed by atoms with van der Waals surface area (Å²) in [4.78, 5) is 10.4. The Morgan fingerprint density at radius 2 is 1.94 bits per heavy atom. The van der Waals surface area contributed by atoms with Crippen molar-refractivity contribution in [2.45, 2.75) is 12.3 Å². The molecule has 0 aliphatic carbocycles. The molecule has 0 spiro atoms. The summed E-state index contributed by atoms with van der Waals surface area (Å²) < 4.78 is 22.7. The summed E-state index contributed by atoms with van der Waals surface area (Å²) in [5.74, 6) is 0.477. The van der Waals surface area contributed by atoms with Crippen molar-refractivity contribution in [3.05, 3.63) is 29.8 Å². The van der Waals surface area contributed by atoms with Gasteiger partial charge in [-0.05, 0) is 30.0 Å². The van der Waals surface area contributed by atoms with Crippen LogP contribution in [0.1, 0.15) is 17.9 Å². The van der Waals surface area contributed by atoms with Crippen LogP contribution in [0.25, 0.3) is 0 Å². The number of amides is 1. The third-order valence-electron chi connectivity index (χ3n) is 2.87. The van der Waals surface area contributed by atoms with Crippen LogP contribution in [0.3, 0.4) is 0 Å². The average Bonchev–Trinajstić information content (AvgIpc) is 2.59. The predicted octanol–water partition coefficient (Wildman–Crippen LogP) is 1.68. The van der Waals surface area contributed by atoms with Gasteiger partial charge in [-0.15, -0.1) is 0 Å². The molecule has 0 saturated carbocycles. The van der Waals surface area contributed by atoms with Crippen LogP contribution in [0, 0.1) is 0 Å². The molecule has 1 amide bonds. The van der Waals surface area contributed by atoms with E-state index in [1.165, 1.54) is 0 Å². The standard InChI is InChI=1S/C11H13NO4S/c13-11(14)12-10-3-1-8(2-4-10)9-5-6-17(15,16)7-9/h1-4,9,12H,5-7H2,(H,13,14). The van der Waals surface area contributed by atoms with Gasteiger partial charge in [-0.2, -0.15) is 0 Å². The number of benzene rings is 1. The summed E-state index contributed by atoms with van der Waals surface area (Å²) in [7, 11) is -2.88. The Hall–Kier alpha value is -1.56. The second-order valence-electron chi connectivity index (χ2n) is 4.15. The zero-order valence-electron chi connectivity index (χ0n) is 9.09. The van der Waals surface area contributed by atoms with Crippen molar-refractivity contribution in [1.82, 2.24) is 0 Å². The van der Waals surface area contributed by atoms with E-state index in [4.69, 9.17) is 5.11 Å². The molecule has 1 atom stereocenters. The molecule has 1 heterocycles. The zero-order valence-corrected chi connectivity index (χ0v) is 9.90. The van der Waals surface area contributed by atoms with Crippen molar-refractivity contribution in [1.29, 1.82) is 0 Å². The summed E-state index contributed by atoms with van der Waals surface area (Å²) in [5.41, 5.74) is 1.43. The molecule has 0 bridgehead atoms. The van der Waals surface area contributed by atoms with Gasteiger partial charge in [-0.1, -0.05) is 12.1 Å². The second-order valence-corrected chi connectivity index (χ2v) is 6.38. The average molecular weight is 255 g/mol. The maximum atomic E-state index is 11.3. The highest BCUT2D eigenvalue weighted by atomic mass is 32.2. The van der Waals surface area contributed by atoms with Gasteiger partial charge >= 0.3 is 6.09 Å². The first-order chi connectivity index (χ1) is 7.96. The maximum Gasteiger partial charge on any atom is 0.409 e. The zero-order chi connectivity index (χ0) is 12.5. The summed E-state index contributed by atoms with van der Waals surface area (Å²) in [6.07, 6.45) is -0.463. The van der Waals surface area contributed by atoms with Crippen molar-refractivity contribution in [3.63, 3.8) is 0 Å². The normalized spacial score (nSPS) is 22.2. The van der Waals surface area contributed by atoms with Gasteiger partial charge in [0.2, 0.25) is 0 Å². The smallest absolute Gasteiger partial charge is 0.409 e. The van der Waals surface area contributed by atoms with Crippen LogP contribution in [0.15, 0.2) is 24.3 Å². The van der Waals surface area contributed by atoms with Gasteiger partial charge in [0.1, 0.15) is 0 Å². The van der Waals surface area contributed by atoms with Crippen molar-refractivity contribution >= 4 is 21.6 Å². The first-order valence-electron chi connectivity index (χ1n) is 5.26. The molecule has 1 aliphatic heterocycles. The van der Waals surface area contributed by atoms with Crippen LogP contribution in [-0.2, 0) is 9.84 Å². The van der Waals surface area contributed by atoms with Crippen LogP contribution in [-0.4, -0.2) is 31.1 Å². The number of sulfone groups is 1. The van der Waals surface area contributed by atoms with Crippen LogP contribution in [0.4, 0.5) is 10.5 Å². The fourth-order valence-corrected chi connectivity index (χ4v) is 3.80. The maximum absolute atomic E-state index is 11.3. The topological polar surface area (TPSA) is 83.5 Å². The minimum Gasteiger partial charge on any atom is -0.465 e. The van der Waals surface area contributed by atoms with Gasteiger partial charge in [-0.3, -0.25) is 5.32 Å². The lowest BCUT2D eigenvalue weighted by molar-refractivity contribution is 0.209. The lowest BCUT2D eigenvalue weighted by Gasteiger charge is -2.08. The molecule has 1 aliphatic rings. The molecule has 2 N–H and O–H groups in total. The van der Waals surface area contributed by atoms with E-state index in [2.05, 4.69) is 5.32 Å². The predicted molar refractivity (Wildman–Crippen MR) is 64.1 cm³/mol. The number of anilines is 1. The molecule has 6 heteroatoms. The minimum atomic E-state index is -2.88. The van der Waals surface area contributed by atoms with E-state index < -0.39 is 15.9 Å². The quantitative estimate of drug-likeness (QED) is 0.842. The van der Waals surface area contributed by atoms with Gasteiger partial charge in [0.25, 0.3) is 0 Å². The molecule has 1 aromatic carbocycles. The Morgan fingerprint density at radius 3 is 2.41 bits per heavy atom. The van der Waals surface area contributed by atoms with Crippen molar-refractivity contribution in [2.24, 2.45) is 0 Å². The Morgan fingerprint density at radius 1 is 1.29 bits per heavy atom. The highest BCUT2D eigenvalue weighted by Crippen LogP contribution is 2.29. The van der Waals surface area contributed by atoms with Gasteiger partial charge in [0.05, 0.1) is 11.5 Å². The van der Waals surface area contributed by atoms with E-state index >= 15 is 0 Å². The molecule has 1 fully saturated rings. The highest BCUT2D eigenvalue weighted by molar-refractivity contribution is 7.91. The number of nitrogens with one attached hydrogen (secondary N) is 1. The second kappa shape index (κ2) is 4.37. The van der Waals surface area contributed by atoms with Gasteiger partial charge < -0.3 is 5.11 Å². The van der Waals surface area contributed by atoms with Crippen LogP contribution >= 0.6 is 0 Å². The SMILES string of the molecule is O=C(O)Nc1ccc(C2CCS(=O)(=O)C2)cc1. The summed E-state index contributed by atoms with van der Waals surface area (Å²) in [6, 6.07) is 6.84. The lowest BCUT2D eigenvalue weighted by atomic mass is 9.99. The van der Waals surface area contributed by atoms with E-state index in [0.29, 0.717) is 12.1 Å². The largest absolute Gasteiger partial charge is 0.465 e. The Kier molecular flexibility index (Phi) is 3.06. The van der Waals surface area contributed by atoms with Crippen LogP contribution < -0.4 is 5.32 Å². The van der Waals surface area contributed by atoms with Crippen molar-refractivity contribution < 1.29 is 18.3 Å². The van der Waals surface area contributed by atoms with E-state index in [0.717, 1.165) is 5.56 Å². The van der Waals surface area contributed by atoms with Gasteiger partial charge in [0.15, 0.2) is 9.84 Å². The minimum absolute atomic E-state index is 0.0406. The van der Waals surface area contributed by atoms with Gasteiger partial charge in [0, 0.05) is 5.69 Å². The van der Waals surface area contributed by atoms with Crippen molar-refractivity contribution in [2.75, 3.05) is 16.8 Å². The molecule has 1 saturated heterocycles. The molecular weight excluding hydrogens is 242 g/mol. The molecular formula is C11H13NO4S. The monoisotopic (exact) mass is 255 g/mol. The number of hydrogen-bond donors (Lipinski definition) is 2. The molecule has 1 unspecified atom stereocenters. The molecule has 0 aromatic heterocycles. The Labute approximate surface area is 99.4 Å². The fraction of sp³-hybridized carbons (Fsp3) is 0.364. The Balaban J connectivity index is 2.11. The lowest BCUT2D eigenvalue weighted by Crippen LogP contribution is -2.07. The molecule has 92 valence electrons. The third-order valence-corrected chi connectivity index (χ3v) is 4.63.